The highest BCUT2D eigenvalue weighted by Crippen LogP contribution is 2.34. The van der Waals surface area contributed by atoms with Crippen LogP contribution in [0.1, 0.15) is 22.8 Å². The molecule has 4 nitrogen and oxygen atoms in total. The number of hydrogen-bond donors (Lipinski definition) is 0. The van der Waals surface area contributed by atoms with E-state index in [-0.39, 0.29) is 5.91 Å². The molecule has 2 unspecified atom stereocenters. The fourth-order valence-corrected chi connectivity index (χ4v) is 3.50. The lowest BCUT2D eigenvalue weighted by atomic mass is 10.0. The lowest BCUT2D eigenvalue weighted by molar-refractivity contribution is -0.128. The lowest BCUT2D eigenvalue weighted by Gasteiger charge is -2.23. The van der Waals surface area contributed by atoms with Crippen molar-refractivity contribution < 1.29 is 9.59 Å². The Labute approximate surface area is 119 Å². The summed E-state index contributed by atoms with van der Waals surface area (Å²) in [5.41, 5.74) is 2.99. The molecule has 0 bridgehead atoms. The first kappa shape index (κ1) is 13.2. The minimum Gasteiger partial charge on any atom is -0.371 e. The fraction of sp³-hybridized carbons (Fsp3) is 0.500. The van der Waals surface area contributed by atoms with Crippen molar-refractivity contribution >= 4 is 17.9 Å². The maximum atomic E-state index is 11.4. The second-order valence-corrected chi connectivity index (χ2v) is 6.07. The van der Waals surface area contributed by atoms with E-state index in [0.717, 1.165) is 49.3 Å². The van der Waals surface area contributed by atoms with Crippen molar-refractivity contribution in [3.05, 3.63) is 29.3 Å². The van der Waals surface area contributed by atoms with Crippen LogP contribution in [0, 0.1) is 18.8 Å². The van der Waals surface area contributed by atoms with Gasteiger partial charge in [0.15, 0.2) is 0 Å². The first-order valence-corrected chi connectivity index (χ1v) is 7.14. The third-order valence-electron chi connectivity index (χ3n) is 4.52. The van der Waals surface area contributed by atoms with Crippen molar-refractivity contribution in [1.29, 1.82) is 0 Å². The zero-order chi connectivity index (χ0) is 14.3. The molecule has 2 saturated heterocycles. The zero-order valence-electron chi connectivity index (χ0n) is 12.0. The topological polar surface area (TPSA) is 40.6 Å². The van der Waals surface area contributed by atoms with E-state index in [4.69, 9.17) is 0 Å². The Balaban J connectivity index is 1.75. The van der Waals surface area contributed by atoms with Gasteiger partial charge in [0.2, 0.25) is 5.91 Å². The monoisotopic (exact) mass is 272 g/mol. The predicted octanol–water partition coefficient (Wildman–Crippen LogP) is 1.72. The number of fused-ring (bicyclic) bond motifs is 1. The number of nitrogens with zero attached hydrogens (tertiary/aromatic N) is 2. The van der Waals surface area contributed by atoms with E-state index < -0.39 is 0 Å². The molecular weight excluding hydrogens is 252 g/mol. The number of likely N-dealkylation sites (tertiary alicyclic amines) is 1. The van der Waals surface area contributed by atoms with Crippen molar-refractivity contribution in [2.24, 2.45) is 11.8 Å². The van der Waals surface area contributed by atoms with E-state index in [1.54, 1.807) is 6.92 Å². The Kier molecular flexibility index (Phi) is 3.24. The highest BCUT2D eigenvalue weighted by Gasteiger charge is 2.40. The maximum absolute atomic E-state index is 11.4. The van der Waals surface area contributed by atoms with Gasteiger partial charge in [-0.1, -0.05) is 0 Å². The van der Waals surface area contributed by atoms with Gasteiger partial charge >= 0.3 is 0 Å². The van der Waals surface area contributed by atoms with Crippen LogP contribution in [0.3, 0.4) is 0 Å². The third-order valence-corrected chi connectivity index (χ3v) is 4.52. The Hall–Kier alpha value is -1.84. The van der Waals surface area contributed by atoms with Crippen molar-refractivity contribution in [3.63, 3.8) is 0 Å². The molecule has 1 aromatic carbocycles. The van der Waals surface area contributed by atoms with Gasteiger partial charge in [0.05, 0.1) is 0 Å². The van der Waals surface area contributed by atoms with Gasteiger partial charge in [0.25, 0.3) is 0 Å². The number of anilines is 1. The molecule has 2 aliphatic heterocycles. The molecule has 0 saturated carbocycles. The van der Waals surface area contributed by atoms with Crippen LogP contribution in [-0.2, 0) is 4.79 Å². The van der Waals surface area contributed by atoms with Crippen LogP contribution in [0.25, 0.3) is 0 Å². The molecule has 0 aliphatic carbocycles. The molecule has 0 aromatic heterocycles. The molecule has 4 heteroatoms. The van der Waals surface area contributed by atoms with E-state index in [1.165, 1.54) is 0 Å². The van der Waals surface area contributed by atoms with E-state index in [1.807, 2.05) is 24.0 Å². The largest absolute Gasteiger partial charge is 0.371 e. The average molecular weight is 272 g/mol. The van der Waals surface area contributed by atoms with Crippen molar-refractivity contribution in [2.45, 2.75) is 13.8 Å². The molecule has 2 heterocycles. The molecule has 0 spiro atoms. The maximum Gasteiger partial charge on any atom is 0.219 e. The van der Waals surface area contributed by atoms with Gasteiger partial charge in [-0.25, -0.2) is 0 Å². The standard InChI is InChI=1S/C16H20N2O2/c1-11-3-13(10-19)5-16(4-11)18-8-14-6-17(12(2)20)7-15(14)9-18/h3-5,10,14-15H,6-9H2,1-2H3. The number of aryl methyl sites for hydroxylation is 1. The average Bonchev–Trinajstić information content (AvgIpc) is 2.95. The van der Waals surface area contributed by atoms with Gasteiger partial charge in [-0.05, 0) is 30.7 Å². The number of hydrogen-bond acceptors (Lipinski definition) is 3. The van der Waals surface area contributed by atoms with Gasteiger partial charge in [0.1, 0.15) is 6.29 Å². The SMILES string of the molecule is CC(=O)N1CC2CN(c3cc(C)cc(C=O)c3)CC2C1. The predicted molar refractivity (Wildman–Crippen MR) is 78.0 cm³/mol. The Morgan fingerprint density at radius 3 is 2.35 bits per heavy atom. The smallest absolute Gasteiger partial charge is 0.219 e. The molecule has 106 valence electrons. The number of amides is 1. The number of carbonyl (C=O) groups excluding carboxylic acids is 2. The van der Waals surface area contributed by atoms with Gasteiger partial charge in [-0.2, -0.15) is 0 Å². The van der Waals surface area contributed by atoms with Crippen molar-refractivity contribution in [3.8, 4) is 0 Å². The van der Waals surface area contributed by atoms with E-state index in [0.29, 0.717) is 11.8 Å². The summed E-state index contributed by atoms with van der Waals surface area (Å²) in [4.78, 5) is 26.7. The summed E-state index contributed by atoms with van der Waals surface area (Å²) in [5, 5.41) is 0. The molecule has 20 heavy (non-hydrogen) atoms. The molecule has 0 radical (unpaired) electrons. The molecule has 3 rings (SSSR count). The van der Waals surface area contributed by atoms with E-state index >= 15 is 0 Å². The van der Waals surface area contributed by atoms with Crippen LogP contribution in [0.5, 0.6) is 0 Å². The first-order chi connectivity index (χ1) is 9.56. The van der Waals surface area contributed by atoms with Crippen LogP contribution < -0.4 is 4.90 Å². The molecular formula is C16H20N2O2. The summed E-state index contributed by atoms with van der Waals surface area (Å²) in [6.45, 7) is 7.39. The summed E-state index contributed by atoms with van der Waals surface area (Å²) >= 11 is 0. The fourth-order valence-electron chi connectivity index (χ4n) is 3.50. The Morgan fingerprint density at radius 1 is 1.15 bits per heavy atom. The normalized spacial score (nSPS) is 24.9. The van der Waals surface area contributed by atoms with E-state index in [9.17, 15) is 9.59 Å². The second kappa shape index (κ2) is 4.93. The molecule has 1 aromatic rings. The van der Waals surface area contributed by atoms with Gasteiger partial charge in [-0.15, -0.1) is 0 Å². The Morgan fingerprint density at radius 2 is 1.80 bits per heavy atom. The Bertz CT molecular complexity index is 541. The summed E-state index contributed by atoms with van der Waals surface area (Å²) in [7, 11) is 0. The molecule has 1 amide bonds. The van der Waals surface area contributed by atoms with Gasteiger partial charge in [-0.3, -0.25) is 9.59 Å². The van der Waals surface area contributed by atoms with Gasteiger partial charge < -0.3 is 9.80 Å². The summed E-state index contributed by atoms with van der Waals surface area (Å²) in [6, 6.07) is 6.01. The highest BCUT2D eigenvalue weighted by atomic mass is 16.2. The molecule has 2 fully saturated rings. The van der Waals surface area contributed by atoms with Crippen molar-refractivity contribution in [1.82, 2.24) is 4.90 Å². The quantitative estimate of drug-likeness (QED) is 0.770. The van der Waals surface area contributed by atoms with Crippen LogP contribution in [0.15, 0.2) is 18.2 Å². The second-order valence-electron chi connectivity index (χ2n) is 6.07. The van der Waals surface area contributed by atoms with Crippen LogP contribution >= 0.6 is 0 Å². The van der Waals surface area contributed by atoms with Crippen LogP contribution in [0.4, 0.5) is 5.69 Å². The van der Waals surface area contributed by atoms with Gasteiger partial charge in [0, 0.05) is 56.2 Å². The number of benzene rings is 1. The number of carbonyl (C=O) groups is 2. The molecule has 2 atom stereocenters. The van der Waals surface area contributed by atoms with Crippen LogP contribution in [0.2, 0.25) is 0 Å². The lowest BCUT2D eigenvalue weighted by Crippen LogP contribution is -2.31. The minimum absolute atomic E-state index is 0.185. The highest BCUT2D eigenvalue weighted by molar-refractivity contribution is 5.78. The number of rotatable bonds is 2. The zero-order valence-corrected chi connectivity index (χ0v) is 12.0. The van der Waals surface area contributed by atoms with Crippen LogP contribution in [-0.4, -0.2) is 43.3 Å². The minimum atomic E-state index is 0.185. The molecule has 2 aliphatic rings. The third kappa shape index (κ3) is 2.30. The summed E-state index contributed by atoms with van der Waals surface area (Å²) in [5.74, 6) is 1.32. The summed E-state index contributed by atoms with van der Waals surface area (Å²) in [6.07, 6.45) is 0.908. The summed E-state index contributed by atoms with van der Waals surface area (Å²) < 4.78 is 0. The van der Waals surface area contributed by atoms with E-state index in [2.05, 4.69) is 11.0 Å². The molecule has 0 N–H and O–H groups in total. The van der Waals surface area contributed by atoms with Crippen molar-refractivity contribution in [2.75, 3.05) is 31.1 Å². The number of aldehydes is 1. The first-order valence-electron chi connectivity index (χ1n) is 7.14.